The lowest BCUT2D eigenvalue weighted by molar-refractivity contribution is -0.137. The molecule has 0 saturated carbocycles. The van der Waals surface area contributed by atoms with E-state index in [1.54, 1.807) is 0 Å². The molecule has 1 aliphatic rings. The Morgan fingerprint density at radius 2 is 1.56 bits per heavy atom. The van der Waals surface area contributed by atoms with Crippen LogP contribution >= 0.6 is 0 Å². The van der Waals surface area contributed by atoms with Crippen molar-refractivity contribution >= 4 is 25.3 Å². The van der Waals surface area contributed by atoms with Gasteiger partial charge in [0.2, 0.25) is 0 Å². The number of carboxylic acid groups (broad SMARTS) is 2. The lowest BCUT2D eigenvalue weighted by atomic mass is 9.66. The maximum Gasteiger partial charge on any atom is 0.407 e. The Balaban J connectivity index is 1.67. The number of hydrogen-bond donors (Lipinski definition) is 3. The Bertz CT molecular complexity index is 839. The van der Waals surface area contributed by atoms with Gasteiger partial charge in [0.15, 0.2) is 7.28 Å². The summed E-state index contributed by atoms with van der Waals surface area (Å²) < 4.78 is 5.25. The summed E-state index contributed by atoms with van der Waals surface area (Å²) in [5, 5.41) is 19.9. The van der Waals surface area contributed by atoms with E-state index in [0.29, 0.717) is 0 Å². The largest absolute Gasteiger partial charge is 0.482 e. The van der Waals surface area contributed by atoms with Crippen molar-refractivity contribution in [1.82, 2.24) is 5.32 Å². The standard InChI is InChI=1S/C19H17BNO6/c22-16(23)9-20-17(18(24)25)21-19(26)27-10-15-13-7-3-1-5-11(13)12-6-2-4-8-14(12)15/h1-8,15,17H,9-10H2,(H,21,26)(H,22,23)(H,24,25)/t17-/m1/s1. The molecule has 0 bridgehead atoms. The van der Waals surface area contributed by atoms with E-state index >= 15 is 0 Å². The van der Waals surface area contributed by atoms with Gasteiger partial charge in [-0.05, 0) is 22.3 Å². The molecule has 1 amide bonds. The molecule has 8 heteroatoms. The number of amides is 1. The number of aliphatic carboxylic acids is 2. The third-order valence-electron chi connectivity index (χ3n) is 4.41. The van der Waals surface area contributed by atoms with E-state index in [2.05, 4.69) is 5.32 Å². The van der Waals surface area contributed by atoms with Crippen molar-refractivity contribution in [3.05, 3.63) is 59.7 Å². The molecular formula is C19H17BNO6. The number of nitrogens with one attached hydrogen (secondary N) is 1. The summed E-state index contributed by atoms with van der Waals surface area (Å²) in [6.45, 7) is 0.0468. The van der Waals surface area contributed by atoms with Crippen LogP contribution in [0.15, 0.2) is 48.5 Å². The van der Waals surface area contributed by atoms with Crippen LogP contribution in [0.2, 0.25) is 6.32 Å². The lowest BCUT2D eigenvalue weighted by Crippen LogP contribution is -2.45. The van der Waals surface area contributed by atoms with Gasteiger partial charge in [0.1, 0.15) is 6.61 Å². The summed E-state index contributed by atoms with van der Waals surface area (Å²) in [7, 11) is 0.992. The monoisotopic (exact) mass is 366 g/mol. The van der Waals surface area contributed by atoms with Crippen LogP contribution in [0.3, 0.4) is 0 Å². The van der Waals surface area contributed by atoms with Gasteiger partial charge in [-0.15, -0.1) is 0 Å². The number of carboxylic acids is 2. The van der Waals surface area contributed by atoms with Crippen LogP contribution in [-0.2, 0) is 14.3 Å². The normalized spacial score (nSPS) is 13.2. The maximum absolute atomic E-state index is 12.0. The zero-order chi connectivity index (χ0) is 19.4. The summed E-state index contributed by atoms with van der Waals surface area (Å²) in [5.74, 6) is -4.12. The van der Waals surface area contributed by atoms with Gasteiger partial charge in [-0.3, -0.25) is 9.59 Å². The van der Waals surface area contributed by atoms with Crippen molar-refractivity contribution in [2.75, 3.05) is 6.61 Å². The van der Waals surface area contributed by atoms with Gasteiger partial charge in [-0.2, -0.15) is 0 Å². The number of ether oxygens (including phenoxy) is 1. The van der Waals surface area contributed by atoms with Crippen molar-refractivity contribution < 1.29 is 29.3 Å². The summed E-state index contributed by atoms with van der Waals surface area (Å²) in [6.07, 6.45) is -1.40. The molecule has 3 N–H and O–H groups in total. The molecule has 0 heterocycles. The maximum atomic E-state index is 12.0. The van der Waals surface area contributed by atoms with E-state index in [-0.39, 0.29) is 12.5 Å². The molecular weight excluding hydrogens is 349 g/mol. The molecule has 3 rings (SSSR count). The van der Waals surface area contributed by atoms with Gasteiger partial charge in [-0.1, -0.05) is 48.5 Å². The van der Waals surface area contributed by atoms with Gasteiger partial charge in [0.25, 0.3) is 5.97 Å². The molecule has 7 nitrogen and oxygen atoms in total. The molecule has 0 unspecified atom stereocenters. The first-order chi connectivity index (χ1) is 13.0. The summed E-state index contributed by atoms with van der Waals surface area (Å²) in [6, 6.07) is 15.7. The average molecular weight is 366 g/mol. The Labute approximate surface area is 156 Å². The molecule has 0 saturated heterocycles. The first-order valence-corrected chi connectivity index (χ1v) is 8.37. The highest BCUT2D eigenvalue weighted by molar-refractivity contribution is 6.48. The second-order valence-corrected chi connectivity index (χ2v) is 6.12. The highest BCUT2D eigenvalue weighted by Gasteiger charge is 2.29. The summed E-state index contributed by atoms with van der Waals surface area (Å²) in [4.78, 5) is 33.7. The van der Waals surface area contributed by atoms with Crippen LogP contribution in [0.25, 0.3) is 11.1 Å². The van der Waals surface area contributed by atoms with Crippen molar-refractivity contribution in [3.63, 3.8) is 0 Å². The zero-order valence-electron chi connectivity index (χ0n) is 14.3. The van der Waals surface area contributed by atoms with Crippen LogP contribution in [0.4, 0.5) is 4.79 Å². The molecule has 1 atom stereocenters. The second kappa shape index (κ2) is 7.95. The van der Waals surface area contributed by atoms with Crippen LogP contribution in [0, 0.1) is 0 Å². The molecule has 0 spiro atoms. The zero-order valence-corrected chi connectivity index (χ0v) is 14.3. The highest BCUT2D eigenvalue weighted by atomic mass is 16.5. The van der Waals surface area contributed by atoms with E-state index < -0.39 is 30.3 Å². The summed E-state index contributed by atoms with van der Waals surface area (Å²) in [5.41, 5.74) is 4.25. The molecule has 2 aromatic carbocycles. The Morgan fingerprint density at radius 1 is 1.00 bits per heavy atom. The van der Waals surface area contributed by atoms with E-state index in [1.165, 1.54) is 0 Å². The van der Waals surface area contributed by atoms with Gasteiger partial charge >= 0.3 is 12.1 Å². The third-order valence-corrected chi connectivity index (χ3v) is 4.41. The van der Waals surface area contributed by atoms with Crippen molar-refractivity contribution in [2.24, 2.45) is 0 Å². The van der Waals surface area contributed by atoms with Gasteiger partial charge < -0.3 is 20.3 Å². The van der Waals surface area contributed by atoms with Crippen molar-refractivity contribution in [2.45, 2.75) is 18.2 Å². The van der Waals surface area contributed by atoms with Crippen LogP contribution in [-0.4, -0.2) is 48.1 Å². The smallest absolute Gasteiger partial charge is 0.407 e. The van der Waals surface area contributed by atoms with Crippen LogP contribution in [0.5, 0.6) is 0 Å². The highest BCUT2D eigenvalue weighted by Crippen LogP contribution is 2.44. The molecule has 0 aromatic heterocycles. The first-order valence-electron chi connectivity index (χ1n) is 8.37. The minimum Gasteiger partial charge on any atom is -0.482 e. The minimum atomic E-state index is -1.43. The van der Waals surface area contributed by atoms with E-state index in [0.717, 1.165) is 29.5 Å². The molecule has 1 aliphatic carbocycles. The van der Waals surface area contributed by atoms with Crippen LogP contribution in [0.1, 0.15) is 17.0 Å². The van der Waals surface area contributed by atoms with Crippen molar-refractivity contribution in [3.8, 4) is 11.1 Å². The third kappa shape index (κ3) is 4.11. The first kappa shape index (κ1) is 18.5. The van der Waals surface area contributed by atoms with E-state index in [9.17, 15) is 14.4 Å². The molecule has 2 aromatic rings. The molecule has 0 aliphatic heterocycles. The predicted molar refractivity (Wildman–Crippen MR) is 97.8 cm³/mol. The Morgan fingerprint density at radius 3 is 2.07 bits per heavy atom. The fourth-order valence-corrected chi connectivity index (χ4v) is 3.21. The number of fused-ring (bicyclic) bond motifs is 3. The Hall–Kier alpha value is -3.29. The Kier molecular flexibility index (Phi) is 5.45. The minimum absolute atomic E-state index is 0.0468. The lowest BCUT2D eigenvalue weighted by Gasteiger charge is -2.17. The number of hydrogen-bond acceptors (Lipinski definition) is 4. The average Bonchev–Trinajstić information content (AvgIpc) is 2.97. The van der Waals surface area contributed by atoms with Crippen molar-refractivity contribution in [1.29, 1.82) is 0 Å². The molecule has 27 heavy (non-hydrogen) atoms. The topological polar surface area (TPSA) is 113 Å². The number of carbonyl (C=O) groups is 3. The van der Waals surface area contributed by atoms with Gasteiger partial charge in [0, 0.05) is 12.2 Å². The summed E-state index contributed by atoms with van der Waals surface area (Å²) >= 11 is 0. The quantitative estimate of drug-likeness (QED) is 0.647. The van der Waals surface area contributed by atoms with Gasteiger partial charge in [-0.25, -0.2) is 4.79 Å². The molecule has 137 valence electrons. The molecule has 1 radical (unpaired) electrons. The van der Waals surface area contributed by atoms with Gasteiger partial charge in [0.05, 0.1) is 5.94 Å². The molecule has 0 fully saturated rings. The number of benzene rings is 2. The fraction of sp³-hybridized carbons (Fsp3) is 0.211. The number of alkyl carbamates (subject to hydrolysis) is 1. The van der Waals surface area contributed by atoms with E-state index in [1.807, 2.05) is 48.5 Å². The van der Waals surface area contributed by atoms with Crippen LogP contribution < -0.4 is 5.32 Å². The second-order valence-electron chi connectivity index (χ2n) is 6.12. The predicted octanol–water partition coefficient (Wildman–Crippen LogP) is 2.14. The number of carbonyl (C=O) groups excluding carboxylic acids is 1. The fourth-order valence-electron chi connectivity index (χ4n) is 3.21. The SMILES string of the molecule is O=C(O)C[B][C@H](NC(=O)OCC1c2ccccc2-c2ccccc21)C(=O)O. The number of rotatable bonds is 7. The van der Waals surface area contributed by atoms with E-state index in [4.69, 9.17) is 14.9 Å².